The molecule has 0 spiro atoms. The summed E-state index contributed by atoms with van der Waals surface area (Å²) in [7, 11) is 0. The standard InChI is InChI=1S/C39H40N4O5.C13H15NS.C5H9N.C4H10.C2H4O.C2H6/c1-26(44)43-19-2-3-34-22-33(16-17-36(34)43)31-12-14-32(15-13-31)39(48)41-23-28-6-10-30(11-7-28)29-8-4-27(5-9-29)21-37(46)40-24-38(47)42-20-18-35(45)25-42;1-3-11-4-6-12(7-5-11)13-10(2)14-8-9-15-13;1-3-4-5(2)6;1-4(2)3;1-2-3;1-2/h4-17,22,35,45H,2-3,18-21,23-25H2,1H3,(H,40,46)(H,41,48);4-8H,3,9H2,1-2H3;3-4H,2,6H2,1H3;4H,1-3H3;2H,1H3;1-2H3/b;;4-3-;;;. The number of rotatable bonds is 12. The zero-order valence-electron chi connectivity index (χ0n) is 47.7. The van der Waals surface area contributed by atoms with Gasteiger partial charge in [0.25, 0.3) is 5.91 Å². The van der Waals surface area contributed by atoms with Crippen LogP contribution in [0.4, 0.5) is 5.69 Å². The summed E-state index contributed by atoms with van der Waals surface area (Å²) in [5, 5.41) is 15.3. The zero-order chi connectivity index (χ0) is 57.6. The minimum absolute atomic E-state index is 0.0635. The average Bonchev–Trinajstić information content (AvgIpc) is 3.89. The molecule has 416 valence electrons. The van der Waals surface area contributed by atoms with Crippen LogP contribution in [0.1, 0.15) is 120 Å². The molecule has 1 atom stereocenters. The fourth-order valence-corrected chi connectivity index (χ4v) is 9.07. The van der Waals surface area contributed by atoms with Gasteiger partial charge in [-0.25, -0.2) is 0 Å². The van der Waals surface area contributed by atoms with Gasteiger partial charge in [-0.3, -0.25) is 24.2 Å². The first-order valence-corrected chi connectivity index (χ1v) is 28.1. The predicted molar refractivity (Wildman–Crippen MR) is 326 cm³/mol. The van der Waals surface area contributed by atoms with Crippen molar-refractivity contribution in [3.63, 3.8) is 0 Å². The number of nitrogens with zero attached hydrogens (tertiary/aromatic N) is 3. The van der Waals surface area contributed by atoms with E-state index in [9.17, 15) is 24.3 Å². The Kier molecular flexibility index (Phi) is 29.3. The number of nitrogens with one attached hydrogen (secondary N) is 2. The molecule has 1 unspecified atom stereocenters. The van der Waals surface area contributed by atoms with E-state index in [2.05, 4.69) is 87.2 Å². The van der Waals surface area contributed by atoms with Gasteiger partial charge in [0, 0.05) is 66.9 Å². The molecule has 1 fully saturated rings. The van der Waals surface area contributed by atoms with E-state index in [0.717, 1.165) is 88.5 Å². The topological polar surface area (TPSA) is 174 Å². The van der Waals surface area contributed by atoms with E-state index >= 15 is 0 Å². The highest BCUT2D eigenvalue weighted by Gasteiger charge is 2.25. The van der Waals surface area contributed by atoms with Crippen LogP contribution in [-0.2, 0) is 45.0 Å². The van der Waals surface area contributed by atoms with Crippen LogP contribution < -0.4 is 21.3 Å². The molecular formula is C65H84N6O6S. The molecule has 3 aliphatic rings. The van der Waals surface area contributed by atoms with Crippen molar-refractivity contribution < 1.29 is 29.1 Å². The molecule has 78 heavy (non-hydrogen) atoms. The largest absolute Gasteiger partial charge is 0.399 e. The molecule has 0 aliphatic carbocycles. The number of hydrogen-bond donors (Lipinski definition) is 4. The van der Waals surface area contributed by atoms with Crippen molar-refractivity contribution in [3.8, 4) is 22.3 Å². The highest BCUT2D eigenvalue weighted by molar-refractivity contribution is 8.08. The summed E-state index contributed by atoms with van der Waals surface area (Å²) >= 11 is 1.87. The van der Waals surface area contributed by atoms with Crippen molar-refractivity contribution >= 4 is 58.5 Å². The van der Waals surface area contributed by atoms with Crippen molar-refractivity contribution in [2.45, 2.75) is 114 Å². The predicted octanol–water partition coefficient (Wildman–Crippen LogP) is 12.2. The van der Waals surface area contributed by atoms with Gasteiger partial charge in [-0.1, -0.05) is 145 Å². The van der Waals surface area contributed by atoms with Gasteiger partial charge in [-0.2, -0.15) is 0 Å². The second kappa shape index (κ2) is 35.1. The highest BCUT2D eigenvalue weighted by Crippen LogP contribution is 2.34. The van der Waals surface area contributed by atoms with Gasteiger partial charge < -0.3 is 36.1 Å². The van der Waals surface area contributed by atoms with Crippen LogP contribution in [-0.4, -0.2) is 84.2 Å². The third kappa shape index (κ3) is 22.3. The maximum atomic E-state index is 12.9. The Balaban J connectivity index is 0.000000434. The maximum absolute atomic E-state index is 12.9. The van der Waals surface area contributed by atoms with Crippen LogP contribution in [0, 0.1) is 5.92 Å². The second-order valence-corrected chi connectivity index (χ2v) is 20.2. The van der Waals surface area contributed by atoms with Crippen molar-refractivity contribution in [2.75, 3.05) is 36.8 Å². The molecular weight excluding hydrogens is 993 g/mol. The van der Waals surface area contributed by atoms with Crippen molar-refractivity contribution in [2.24, 2.45) is 16.6 Å². The first-order chi connectivity index (χ1) is 37.5. The number of likely N-dealkylation sites (tertiary alicyclic amines) is 1. The number of β-amino-alcohol motifs (C(OH)–C–C–N with tert-alkyl or cyclic N) is 1. The number of hydrogen-bond acceptors (Lipinski definition) is 9. The summed E-state index contributed by atoms with van der Waals surface area (Å²) in [6.07, 6.45) is 9.59. The molecule has 5 aromatic rings. The van der Waals surface area contributed by atoms with Crippen LogP contribution in [0.15, 0.2) is 150 Å². The monoisotopic (exact) mass is 1080 g/mol. The summed E-state index contributed by atoms with van der Waals surface area (Å²) < 4.78 is 0. The number of anilines is 1. The highest BCUT2D eigenvalue weighted by atomic mass is 32.2. The van der Waals surface area contributed by atoms with Crippen molar-refractivity contribution in [1.29, 1.82) is 0 Å². The Hall–Kier alpha value is -7.35. The smallest absolute Gasteiger partial charge is 0.251 e. The summed E-state index contributed by atoms with van der Waals surface area (Å²) in [4.78, 5) is 67.3. The van der Waals surface area contributed by atoms with Crippen molar-refractivity contribution in [1.82, 2.24) is 15.5 Å². The number of nitrogens with two attached hydrogens (primary N) is 1. The average molecular weight is 1080 g/mol. The first-order valence-electron chi connectivity index (χ1n) is 27.1. The number of amides is 4. The minimum atomic E-state index is -0.481. The van der Waals surface area contributed by atoms with E-state index in [1.165, 1.54) is 28.5 Å². The Morgan fingerprint density at radius 1 is 0.808 bits per heavy atom. The Morgan fingerprint density at radius 2 is 1.35 bits per heavy atom. The number of aliphatic imine (C=N–C) groups is 1. The van der Waals surface area contributed by atoms with Gasteiger partial charge in [0.05, 0.1) is 24.8 Å². The molecule has 0 aromatic heterocycles. The van der Waals surface area contributed by atoms with Gasteiger partial charge in [-0.05, 0) is 133 Å². The van der Waals surface area contributed by atoms with E-state index in [0.29, 0.717) is 37.3 Å². The summed E-state index contributed by atoms with van der Waals surface area (Å²) in [6, 6.07) is 38.3. The minimum Gasteiger partial charge on any atom is -0.399 e. The van der Waals surface area contributed by atoms with Crippen molar-refractivity contribution in [3.05, 3.63) is 179 Å². The van der Waals surface area contributed by atoms with Crippen LogP contribution in [0.2, 0.25) is 0 Å². The van der Waals surface area contributed by atoms with Crippen LogP contribution in [0.3, 0.4) is 0 Å². The third-order valence-corrected chi connectivity index (χ3v) is 13.1. The lowest BCUT2D eigenvalue weighted by atomic mass is 9.95. The number of carbonyl (C=O) groups excluding carboxylic acids is 5. The number of carbonyl (C=O) groups is 5. The number of thioether (sulfide) groups is 1. The molecule has 0 saturated carbocycles. The fourth-order valence-electron chi connectivity index (χ4n) is 8.19. The molecule has 1 saturated heterocycles. The van der Waals surface area contributed by atoms with E-state index in [-0.39, 0.29) is 36.6 Å². The van der Waals surface area contributed by atoms with E-state index in [1.54, 1.807) is 17.9 Å². The molecule has 13 heteroatoms. The van der Waals surface area contributed by atoms with E-state index < -0.39 is 6.10 Å². The number of benzene rings is 5. The maximum Gasteiger partial charge on any atom is 0.251 e. The summed E-state index contributed by atoms with van der Waals surface area (Å²) in [5.41, 5.74) is 18.2. The van der Waals surface area contributed by atoms with Crippen LogP contribution >= 0.6 is 11.8 Å². The number of aryl methyl sites for hydroxylation is 2. The van der Waals surface area contributed by atoms with Gasteiger partial charge in [0.15, 0.2) is 0 Å². The number of aliphatic hydroxyl groups excluding tert-OH is 1. The molecule has 3 heterocycles. The molecule has 8 rings (SSSR count). The van der Waals surface area contributed by atoms with Gasteiger partial charge in [0.2, 0.25) is 17.7 Å². The quantitative estimate of drug-likeness (QED) is 0.0705. The number of aldehydes is 1. The fraction of sp³-hybridized carbons (Fsp3) is 0.354. The Morgan fingerprint density at radius 3 is 1.86 bits per heavy atom. The second-order valence-electron chi connectivity index (χ2n) is 19.1. The van der Waals surface area contributed by atoms with Gasteiger partial charge in [-0.15, -0.1) is 11.8 Å². The Bertz CT molecular complexity index is 2780. The molecule has 12 nitrogen and oxygen atoms in total. The molecule has 3 aliphatic heterocycles. The molecule has 4 amide bonds. The SMILES string of the molecule is C=C(N)/C=C\C.CC.CC(=O)N1CCCc2cc(-c3ccc(C(=O)NCc4ccc(-c5ccc(CC(=O)NCC(=O)N6CCC(O)C6)cc5)cc4)cc3)ccc21.CC(C)C.CC=O.CCc1ccc(C2=C(C)N=CCS2)cc1. The Labute approximate surface area is 469 Å². The van der Waals surface area contributed by atoms with Gasteiger partial charge >= 0.3 is 0 Å². The zero-order valence-corrected chi connectivity index (χ0v) is 48.6. The van der Waals surface area contributed by atoms with Crippen LogP contribution in [0.5, 0.6) is 0 Å². The first kappa shape index (κ1) is 64.9. The number of aliphatic hydroxyl groups is 1. The lowest BCUT2D eigenvalue weighted by Gasteiger charge is -2.29. The molecule has 0 bridgehead atoms. The molecule has 5 N–H and O–H groups in total. The van der Waals surface area contributed by atoms with Gasteiger partial charge in [0.1, 0.15) is 6.29 Å². The summed E-state index contributed by atoms with van der Waals surface area (Å²) in [5.74, 6) is 1.33. The van der Waals surface area contributed by atoms with Crippen LogP contribution in [0.25, 0.3) is 27.2 Å². The third-order valence-electron chi connectivity index (χ3n) is 12.0. The normalized spacial score (nSPS) is 14.0. The van der Waals surface area contributed by atoms with E-state index in [4.69, 9.17) is 10.5 Å². The van der Waals surface area contributed by atoms with E-state index in [1.807, 2.05) is 135 Å². The lowest BCUT2D eigenvalue weighted by molar-refractivity contribution is -0.132. The summed E-state index contributed by atoms with van der Waals surface area (Å²) in [6.45, 7) is 25.1. The molecule has 0 radical (unpaired) electrons. The lowest BCUT2D eigenvalue weighted by Crippen LogP contribution is -2.39. The number of fused-ring (bicyclic) bond motifs is 1. The number of allylic oxidation sites excluding steroid dienone is 3. The molecule has 5 aromatic carbocycles.